The fraction of sp³-hybridized carbons (Fsp3) is 0.400. The lowest BCUT2D eigenvalue weighted by atomic mass is 9.92. The van der Waals surface area contributed by atoms with Crippen molar-refractivity contribution in [2.45, 2.75) is 33.1 Å². The van der Waals surface area contributed by atoms with Gasteiger partial charge in [0.25, 0.3) is 0 Å². The topological polar surface area (TPSA) is 50.7 Å². The summed E-state index contributed by atoms with van der Waals surface area (Å²) in [4.78, 5) is 13.6. The Labute approximate surface area is 143 Å². The average Bonchev–Trinajstić information content (AvgIpc) is 2.41. The molecular formula is C15H18ClIN4. The van der Waals surface area contributed by atoms with Crippen LogP contribution in [0.15, 0.2) is 18.3 Å². The highest BCUT2D eigenvalue weighted by Crippen LogP contribution is 2.32. The van der Waals surface area contributed by atoms with E-state index in [1.165, 1.54) is 0 Å². The van der Waals surface area contributed by atoms with Gasteiger partial charge >= 0.3 is 0 Å². The Balaban J connectivity index is 2.68. The van der Waals surface area contributed by atoms with Gasteiger partial charge in [0.05, 0.1) is 14.3 Å². The van der Waals surface area contributed by atoms with E-state index >= 15 is 0 Å². The maximum absolute atomic E-state index is 6.23. The fourth-order valence-corrected chi connectivity index (χ4v) is 3.33. The summed E-state index contributed by atoms with van der Waals surface area (Å²) in [6, 6.07) is 3.60. The molecule has 1 N–H and O–H groups in total. The van der Waals surface area contributed by atoms with Crippen LogP contribution in [-0.4, -0.2) is 21.5 Å². The molecule has 2 aromatic rings. The highest BCUT2D eigenvalue weighted by molar-refractivity contribution is 14.1. The van der Waals surface area contributed by atoms with Crippen molar-refractivity contribution in [3.05, 3.63) is 32.6 Å². The lowest BCUT2D eigenvalue weighted by molar-refractivity contribution is 0.564. The van der Waals surface area contributed by atoms with Crippen molar-refractivity contribution in [2.75, 3.05) is 11.9 Å². The Bertz CT molecular complexity index is 653. The molecule has 2 heterocycles. The molecule has 0 atom stereocenters. The van der Waals surface area contributed by atoms with E-state index < -0.39 is 0 Å². The van der Waals surface area contributed by atoms with E-state index in [-0.39, 0.29) is 5.41 Å². The van der Waals surface area contributed by atoms with Crippen molar-refractivity contribution in [1.29, 1.82) is 0 Å². The summed E-state index contributed by atoms with van der Waals surface area (Å²) in [6.07, 6.45) is 1.70. The number of pyridine rings is 1. The maximum Gasteiger partial charge on any atom is 0.182 e. The zero-order valence-electron chi connectivity index (χ0n) is 12.5. The first-order valence-electron chi connectivity index (χ1n) is 6.77. The lowest BCUT2D eigenvalue weighted by Gasteiger charge is -2.22. The minimum absolute atomic E-state index is 0.0837. The molecular weight excluding hydrogens is 399 g/mol. The van der Waals surface area contributed by atoms with Crippen LogP contribution in [0, 0.1) is 3.57 Å². The van der Waals surface area contributed by atoms with Crippen molar-refractivity contribution in [2.24, 2.45) is 0 Å². The molecule has 0 amide bonds. The number of nitrogens with zero attached hydrogens (tertiary/aromatic N) is 3. The molecule has 6 heteroatoms. The van der Waals surface area contributed by atoms with Gasteiger partial charge in [-0.05, 0) is 41.6 Å². The van der Waals surface area contributed by atoms with E-state index in [2.05, 4.69) is 58.6 Å². The van der Waals surface area contributed by atoms with E-state index in [0.717, 1.165) is 21.6 Å². The first-order chi connectivity index (χ1) is 9.84. The number of anilines is 1. The van der Waals surface area contributed by atoms with Crippen LogP contribution in [0.1, 0.15) is 33.4 Å². The first kappa shape index (κ1) is 16.4. The third-order valence-electron chi connectivity index (χ3n) is 2.88. The summed E-state index contributed by atoms with van der Waals surface area (Å²) in [5.74, 6) is 1.39. The van der Waals surface area contributed by atoms with Crippen molar-refractivity contribution in [3.8, 4) is 11.5 Å². The second-order valence-corrected chi connectivity index (χ2v) is 7.16. The summed E-state index contributed by atoms with van der Waals surface area (Å²) in [5, 5.41) is 3.84. The molecule has 2 rings (SSSR count). The molecule has 0 saturated heterocycles. The van der Waals surface area contributed by atoms with Crippen LogP contribution in [0.4, 0.5) is 5.82 Å². The number of hydrogen-bond donors (Lipinski definition) is 1. The van der Waals surface area contributed by atoms with Crippen LogP contribution >= 0.6 is 34.2 Å². The van der Waals surface area contributed by atoms with E-state index in [1.54, 1.807) is 18.3 Å². The number of aromatic nitrogens is 3. The van der Waals surface area contributed by atoms with Gasteiger partial charge in [-0.15, -0.1) is 0 Å². The van der Waals surface area contributed by atoms with Gasteiger partial charge in [-0.25, -0.2) is 9.97 Å². The van der Waals surface area contributed by atoms with Crippen molar-refractivity contribution < 1.29 is 0 Å². The van der Waals surface area contributed by atoms with E-state index in [0.29, 0.717) is 16.5 Å². The van der Waals surface area contributed by atoms with Crippen molar-refractivity contribution in [1.82, 2.24) is 15.0 Å². The number of rotatable bonds is 3. The van der Waals surface area contributed by atoms with Gasteiger partial charge in [-0.3, -0.25) is 4.98 Å². The number of hydrogen-bond acceptors (Lipinski definition) is 4. The molecule has 21 heavy (non-hydrogen) atoms. The molecule has 0 aliphatic rings. The van der Waals surface area contributed by atoms with Crippen LogP contribution < -0.4 is 5.32 Å². The molecule has 112 valence electrons. The largest absolute Gasteiger partial charge is 0.369 e. The van der Waals surface area contributed by atoms with Crippen LogP contribution in [0.25, 0.3) is 11.5 Å². The lowest BCUT2D eigenvalue weighted by Crippen LogP contribution is -2.19. The number of halogens is 2. The summed E-state index contributed by atoms with van der Waals surface area (Å²) in [5.41, 5.74) is 1.52. The van der Waals surface area contributed by atoms with E-state index in [4.69, 9.17) is 16.6 Å². The van der Waals surface area contributed by atoms with Crippen LogP contribution in [-0.2, 0) is 5.41 Å². The molecule has 0 saturated carbocycles. The molecule has 0 aliphatic carbocycles. The summed E-state index contributed by atoms with van der Waals surface area (Å²) in [7, 11) is 0. The second-order valence-electron chi connectivity index (χ2n) is 5.67. The SMILES string of the molecule is CCNc1nc(-c2ncccc2Cl)nc(C(C)(C)C)c1I. The molecule has 0 unspecified atom stereocenters. The Morgan fingerprint density at radius 1 is 1.29 bits per heavy atom. The Morgan fingerprint density at radius 3 is 2.57 bits per heavy atom. The summed E-state index contributed by atoms with van der Waals surface area (Å²) >= 11 is 8.52. The highest BCUT2D eigenvalue weighted by atomic mass is 127. The predicted octanol–water partition coefficient (Wildman–Crippen LogP) is 4.53. The van der Waals surface area contributed by atoms with Crippen LogP contribution in [0.3, 0.4) is 0 Å². The van der Waals surface area contributed by atoms with Gasteiger partial charge in [0, 0.05) is 18.2 Å². The minimum Gasteiger partial charge on any atom is -0.369 e. The van der Waals surface area contributed by atoms with Gasteiger partial charge in [-0.2, -0.15) is 0 Å². The van der Waals surface area contributed by atoms with E-state index in [1.807, 2.05) is 6.92 Å². The van der Waals surface area contributed by atoms with Crippen LogP contribution in [0.5, 0.6) is 0 Å². The first-order valence-corrected chi connectivity index (χ1v) is 8.23. The fourth-order valence-electron chi connectivity index (χ4n) is 1.88. The Kier molecular flexibility index (Phi) is 5.03. The Hall–Kier alpha value is -0.950. The third-order valence-corrected chi connectivity index (χ3v) is 4.20. The highest BCUT2D eigenvalue weighted by Gasteiger charge is 2.24. The standard InChI is InChI=1S/C15H18ClIN4/c1-5-18-13-10(17)12(15(2,3)4)20-14(21-13)11-9(16)7-6-8-19-11/h6-8H,5H2,1-4H3,(H,18,20,21). The van der Waals surface area contributed by atoms with Gasteiger partial charge < -0.3 is 5.32 Å². The summed E-state index contributed by atoms with van der Waals surface area (Å²) < 4.78 is 1.04. The molecule has 0 radical (unpaired) electrons. The molecule has 0 aliphatic heterocycles. The molecule has 0 fully saturated rings. The molecule has 2 aromatic heterocycles. The summed E-state index contributed by atoms with van der Waals surface area (Å²) in [6.45, 7) is 9.25. The van der Waals surface area contributed by atoms with E-state index in [9.17, 15) is 0 Å². The van der Waals surface area contributed by atoms with Gasteiger partial charge in [-0.1, -0.05) is 32.4 Å². The predicted molar refractivity (Wildman–Crippen MR) is 95.9 cm³/mol. The number of nitrogens with one attached hydrogen (secondary N) is 1. The molecule has 0 bridgehead atoms. The average molecular weight is 417 g/mol. The molecule has 4 nitrogen and oxygen atoms in total. The third kappa shape index (κ3) is 3.63. The minimum atomic E-state index is -0.0837. The second kappa shape index (κ2) is 6.44. The quantitative estimate of drug-likeness (QED) is 0.747. The van der Waals surface area contributed by atoms with Gasteiger partial charge in [0.1, 0.15) is 11.5 Å². The zero-order chi connectivity index (χ0) is 15.6. The van der Waals surface area contributed by atoms with Gasteiger partial charge in [0.2, 0.25) is 0 Å². The monoisotopic (exact) mass is 416 g/mol. The van der Waals surface area contributed by atoms with Crippen molar-refractivity contribution >= 4 is 40.0 Å². The maximum atomic E-state index is 6.23. The normalized spacial score (nSPS) is 11.5. The van der Waals surface area contributed by atoms with Gasteiger partial charge in [0.15, 0.2) is 5.82 Å². The van der Waals surface area contributed by atoms with Crippen molar-refractivity contribution in [3.63, 3.8) is 0 Å². The molecule has 0 aromatic carbocycles. The van der Waals surface area contributed by atoms with Crippen LogP contribution in [0.2, 0.25) is 5.02 Å². The molecule has 0 spiro atoms. The smallest absolute Gasteiger partial charge is 0.182 e. The Morgan fingerprint density at radius 2 is 2.00 bits per heavy atom. The zero-order valence-corrected chi connectivity index (χ0v) is 15.5.